The van der Waals surface area contributed by atoms with Crippen molar-refractivity contribution in [1.29, 1.82) is 0 Å². The summed E-state index contributed by atoms with van der Waals surface area (Å²) < 4.78 is 5.59. The number of nitrogens with one attached hydrogen (secondary N) is 1. The molecule has 0 aliphatic carbocycles. The van der Waals surface area contributed by atoms with E-state index in [0.29, 0.717) is 16.2 Å². The number of hydrogen-bond acceptors (Lipinski definition) is 8. The molecule has 0 radical (unpaired) electrons. The topological polar surface area (TPSA) is 93.8 Å². The Morgan fingerprint density at radius 1 is 1.13 bits per heavy atom. The summed E-state index contributed by atoms with van der Waals surface area (Å²) in [6.45, 7) is 6.24. The van der Waals surface area contributed by atoms with Crippen molar-refractivity contribution in [2.24, 2.45) is 0 Å². The maximum Gasteiger partial charge on any atom is 0.277 e. The van der Waals surface area contributed by atoms with Crippen LogP contribution in [0.3, 0.4) is 0 Å². The molecule has 0 unspecified atom stereocenters. The molecule has 4 rings (SSSR count). The van der Waals surface area contributed by atoms with Crippen LogP contribution in [0.5, 0.6) is 0 Å². The van der Waals surface area contributed by atoms with Gasteiger partial charge in [0.2, 0.25) is 11.8 Å². The lowest BCUT2D eigenvalue weighted by atomic mass is 9.98. The highest BCUT2D eigenvalue weighted by Crippen LogP contribution is 2.31. The normalized spacial score (nSPS) is 10.9. The SMILES string of the molecule is Cc1cc(C)c(-c2csc(NC(=O)CSc3nnc(-c4ccncc4)o3)n2)c(C)c1. The van der Waals surface area contributed by atoms with Gasteiger partial charge in [-0.25, -0.2) is 4.98 Å². The van der Waals surface area contributed by atoms with Crippen molar-refractivity contribution < 1.29 is 9.21 Å². The highest BCUT2D eigenvalue weighted by atomic mass is 32.2. The number of carbonyl (C=O) groups excluding carboxylic acids is 1. The van der Waals surface area contributed by atoms with Crippen LogP contribution in [-0.2, 0) is 4.79 Å². The number of thioether (sulfide) groups is 1. The third-order valence-electron chi connectivity index (χ3n) is 4.34. The van der Waals surface area contributed by atoms with Crippen LogP contribution in [0.2, 0.25) is 0 Å². The van der Waals surface area contributed by atoms with E-state index in [2.05, 4.69) is 58.4 Å². The van der Waals surface area contributed by atoms with E-state index < -0.39 is 0 Å². The van der Waals surface area contributed by atoms with Gasteiger partial charge in [0, 0.05) is 28.9 Å². The second-order valence-electron chi connectivity index (χ2n) is 6.76. The summed E-state index contributed by atoms with van der Waals surface area (Å²) in [5, 5.41) is 13.7. The Kier molecular flexibility index (Phi) is 5.91. The number of thiazole rings is 1. The monoisotopic (exact) mass is 437 g/mol. The summed E-state index contributed by atoms with van der Waals surface area (Å²) in [7, 11) is 0. The Morgan fingerprint density at radius 2 is 1.87 bits per heavy atom. The van der Waals surface area contributed by atoms with Gasteiger partial charge in [-0.05, 0) is 44.0 Å². The first-order valence-corrected chi connectivity index (χ1v) is 11.1. The number of aryl methyl sites for hydroxylation is 3. The Hall–Kier alpha value is -3.04. The number of carbonyl (C=O) groups is 1. The Labute approximate surface area is 182 Å². The van der Waals surface area contributed by atoms with Gasteiger partial charge >= 0.3 is 0 Å². The second kappa shape index (κ2) is 8.76. The van der Waals surface area contributed by atoms with E-state index in [-0.39, 0.29) is 11.7 Å². The predicted octanol–water partition coefficient (Wildman–Crippen LogP) is 4.91. The number of anilines is 1. The fraction of sp³-hybridized carbons (Fsp3) is 0.190. The molecule has 0 aliphatic heterocycles. The summed E-state index contributed by atoms with van der Waals surface area (Å²) in [5.74, 6) is 0.366. The fourth-order valence-corrected chi connectivity index (χ4v) is 4.47. The summed E-state index contributed by atoms with van der Waals surface area (Å²) in [5.41, 5.74) is 6.34. The molecule has 4 aromatic rings. The van der Waals surface area contributed by atoms with Crippen molar-refractivity contribution in [3.05, 3.63) is 58.7 Å². The van der Waals surface area contributed by atoms with Gasteiger partial charge in [0.25, 0.3) is 5.22 Å². The first-order valence-electron chi connectivity index (χ1n) is 9.20. The van der Waals surface area contributed by atoms with Gasteiger partial charge in [0.05, 0.1) is 11.4 Å². The molecule has 3 heterocycles. The van der Waals surface area contributed by atoms with Crippen molar-refractivity contribution in [3.8, 4) is 22.7 Å². The van der Waals surface area contributed by atoms with Crippen LogP contribution in [0.1, 0.15) is 16.7 Å². The molecule has 0 spiro atoms. The number of hydrogen-bond donors (Lipinski definition) is 1. The molecule has 0 aliphatic rings. The maximum atomic E-state index is 12.3. The van der Waals surface area contributed by atoms with Crippen LogP contribution < -0.4 is 5.32 Å². The standard InChI is InChI=1S/C21H19N5O2S2/c1-12-8-13(2)18(14(3)9-12)16-10-29-20(23-16)24-17(27)11-30-21-26-25-19(28-21)15-4-6-22-7-5-15/h4-10H,11H2,1-3H3,(H,23,24,27). The second-order valence-corrected chi connectivity index (χ2v) is 8.54. The summed E-state index contributed by atoms with van der Waals surface area (Å²) in [6.07, 6.45) is 3.31. The van der Waals surface area contributed by atoms with E-state index in [1.54, 1.807) is 24.5 Å². The molecule has 30 heavy (non-hydrogen) atoms. The van der Waals surface area contributed by atoms with Crippen molar-refractivity contribution >= 4 is 34.1 Å². The van der Waals surface area contributed by atoms with Crippen LogP contribution >= 0.6 is 23.1 Å². The minimum Gasteiger partial charge on any atom is -0.411 e. The molecule has 9 heteroatoms. The number of benzene rings is 1. The van der Waals surface area contributed by atoms with Crippen LogP contribution in [-0.4, -0.2) is 31.8 Å². The average molecular weight is 438 g/mol. The van der Waals surface area contributed by atoms with Crippen LogP contribution in [0.25, 0.3) is 22.7 Å². The fourth-order valence-electron chi connectivity index (χ4n) is 3.19. The quantitative estimate of drug-likeness (QED) is 0.428. The van der Waals surface area contributed by atoms with Crippen molar-refractivity contribution in [3.63, 3.8) is 0 Å². The predicted molar refractivity (Wildman–Crippen MR) is 119 cm³/mol. The molecule has 0 atom stereocenters. The van der Waals surface area contributed by atoms with E-state index >= 15 is 0 Å². The first kappa shape index (κ1) is 20.2. The van der Waals surface area contributed by atoms with Crippen molar-refractivity contribution in [1.82, 2.24) is 20.2 Å². The molecular formula is C21H19N5O2S2. The highest BCUT2D eigenvalue weighted by Gasteiger charge is 2.14. The molecule has 1 amide bonds. The van der Waals surface area contributed by atoms with Gasteiger partial charge in [0.15, 0.2) is 5.13 Å². The van der Waals surface area contributed by atoms with Crippen LogP contribution in [0, 0.1) is 20.8 Å². The van der Waals surface area contributed by atoms with Gasteiger partial charge in [-0.1, -0.05) is 29.5 Å². The van der Waals surface area contributed by atoms with E-state index in [4.69, 9.17) is 4.42 Å². The average Bonchev–Trinajstić information content (AvgIpc) is 3.36. The largest absolute Gasteiger partial charge is 0.411 e. The third-order valence-corrected chi connectivity index (χ3v) is 5.92. The van der Waals surface area contributed by atoms with Crippen molar-refractivity contribution in [2.75, 3.05) is 11.1 Å². The Morgan fingerprint density at radius 3 is 2.60 bits per heavy atom. The van der Waals surface area contributed by atoms with Gasteiger partial charge in [-0.2, -0.15) is 0 Å². The van der Waals surface area contributed by atoms with E-state index in [1.165, 1.54) is 39.8 Å². The number of aromatic nitrogens is 4. The van der Waals surface area contributed by atoms with Crippen LogP contribution in [0.15, 0.2) is 51.7 Å². The number of amides is 1. The number of nitrogens with zero attached hydrogens (tertiary/aromatic N) is 4. The molecule has 0 saturated carbocycles. The molecule has 0 saturated heterocycles. The lowest BCUT2D eigenvalue weighted by Gasteiger charge is -2.08. The highest BCUT2D eigenvalue weighted by molar-refractivity contribution is 7.99. The van der Waals surface area contributed by atoms with E-state index in [9.17, 15) is 4.79 Å². The minimum atomic E-state index is -0.179. The van der Waals surface area contributed by atoms with Gasteiger partial charge in [-0.15, -0.1) is 21.5 Å². The molecule has 0 fully saturated rings. The minimum absolute atomic E-state index is 0.148. The molecule has 152 valence electrons. The lowest BCUT2D eigenvalue weighted by Crippen LogP contribution is -2.13. The van der Waals surface area contributed by atoms with Gasteiger partial charge < -0.3 is 9.73 Å². The summed E-state index contributed by atoms with van der Waals surface area (Å²) in [4.78, 5) is 20.9. The number of rotatable bonds is 6. The smallest absolute Gasteiger partial charge is 0.277 e. The Bertz CT molecular complexity index is 1160. The zero-order valence-electron chi connectivity index (χ0n) is 16.7. The Balaban J connectivity index is 1.37. The molecule has 1 aromatic carbocycles. The zero-order chi connectivity index (χ0) is 21.1. The molecule has 0 bridgehead atoms. The first-order chi connectivity index (χ1) is 14.5. The molecule has 1 N–H and O–H groups in total. The summed E-state index contributed by atoms with van der Waals surface area (Å²) in [6, 6.07) is 7.85. The molecule has 3 aromatic heterocycles. The lowest BCUT2D eigenvalue weighted by molar-refractivity contribution is -0.113. The van der Waals surface area contributed by atoms with Gasteiger partial charge in [0.1, 0.15) is 0 Å². The van der Waals surface area contributed by atoms with Gasteiger partial charge in [-0.3, -0.25) is 9.78 Å². The molecular weight excluding hydrogens is 418 g/mol. The molecule has 7 nitrogen and oxygen atoms in total. The van der Waals surface area contributed by atoms with E-state index in [1.807, 2.05) is 5.38 Å². The van der Waals surface area contributed by atoms with E-state index in [0.717, 1.165) is 16.8 Å². The maximum absolute atomic E-state index is 12.3. The summed E-state index contributed by atoms with van der Waals surface area (Å²) >= 11 is 2.59. The number of pyridine rings is 1. The van der Waals surface area contributed by atoms with Crippen molar-refractivity contribution in [2.45, 2.75) is 26.0 Å². The third kappa shape index (κ3) is 4.58. The zero-order valence-corrected chi connectivity index (χ0v) is 18.3. The van der Waals surface area contributed by atoms with Crippen LogP contribution in [0.4, 0.5) is 5.13 Å².